The lowest BCUT2D eigenvalue weighted by atomic mass is 10.2. The molecule has 1 aromatic carbocycles. The van der Waals surface area contributed by atoms with Crippen LogP contribution in [-0.4, -0.2) is 4.98 Å². The maximum atomic E-state index is 5.81. The van der Waals surface area contributed by atoms with Crippen molar-refractivity contribution in [2.24, 2.45) is 0 Å². The monoisotopic (exact) mass is 282 g/mol. The molecular weight excluding hydrogens is 268 g/mol. The van der Waals surface area contributed by atoms with E-state index in [1.807, 2.05) is 36.4 Å². The van der Waals surface area contributed by atoms with Crippen molar-refractivity contribution in [3.63, 3.8) is 0 Å². The van der Waals surface area contributed by atoms with Gasteiger partial charge in [0.2, 0.25) is 0 Å². The van der Waals surface area contributed by atoms with Gasteiger partial charge in [-0.3, -0.25) is 4.98 Å². The summed E-state index contributed by atoms with van der Waals surface area (Å²) in [6.07, 6.45) is 1.76. The summed E-state index contributed by atoms with van der Waals surface area (Å²) >= 11 is 1.72. The first kappa shape index (κ1) is 12.7. The van der Waals surface area contributed by atoms with Crippen molar-refractivity contribution < 1.29 is 4.74 Å². The Labute approximate surface area is 121 Å². The van der Waals surface area contributed by atoms with Crippen LogP contribution in [0.2, 0.25) is 0 Å². The van der Waals surface area contributed by atoms with Crippen LogP contribution in [0.4, 0.5) is 5.69 Å². The first-order valence-electron chi connectivity index (χ1n) is 6.26. The third-order valence-corrected chi connectivity index (χ3v) is 3.73. The Morgan fingerprint density at radius 1 is 1.05 bits per heavy atom. The predicted molar refractivity (Wildman–Crippen MR) is 83.2 cm³/mol. The smallest absolute Gasteiger partial charge is 0.131 e. The molecule has 0 radical (unpaired) electrons. The van der Waals surface area contributed by atoms with Gasteiger partial charge in [0, 0.05) is 33.8 Å². The quantitative estimate of drug-likeness (QED) is 0.720. The van der Waals surface area contributed by atoms with Crippen LogP contribution in [0.25, 0.3) is 11.3 Å². The van der Waals surface area contributed by atoms with Crippen LogP contribution in [-0.2, 0) is 0 Å². The second-order valence-corrected chi connectivity index (χ2v) is 5.61. The first-order chi connectivity index (χ1) is 9.70. The van der Waals surface area contributed by atoms with E-state index in [0.29, 0.717) is 0 Å². The number of aromatic nitrogens is 1. The van der Waals surface area contributed by atoms with E-state index >= 15 is 0 Å². The summed E-state index contributed by atoms with van der Waals surface area (Å²) in [4.78, 5) is 5.66. The van der Waals surface area contributed by atoms with E-state index in [-0.39, 0.29) is 0 Å². The van der Waals surface area contributed by atoms with Crippen LogP contribution in [0.1, 0.15) is 4.88 Å². The molecule has 20 heavy (non-hydrogen) atoms. The zero-order valence-corrected chi connectivity index (χ0v) is 11.9. The average Bonchev–Trinajstić information content (AvgIpc) is 2.89. The molecule has 0 aliphatic heterocycles. The van der Waals surface area contributed by atoms with Crippen molar-refractivity contribution >= 4 is 17.0 Å². The molecule has 0 aliphatic carbocycles. The predicted octanol–water partition coefficient (Wildman–Crippen LogP) is 4.49. The van der Waals surface area contributed by atoms with E-state index in [2.05, 4.69) is 23.4 Å². The van der Waals surface area contributed by atoms with Gasteiger partial charge in [-0.25, -0.2) is 0 Å². The van der Waals surface area contributed by atoms with Crippen molar-refractivity contribution in [2.75, 3.05) is 5.73 Å². The molecule has 3 nitrogen and oxygen atoms in total. The summed E-state index contributed by atoms with van der Waals surface area (Å²) in [5.74, 6) is 1.53. The van der Waals surface area contributed by atoms with Gasteiger partial charge in [0.1, 0.15) is 11.5 Å². The Morgan fingerprint density at radius 3 is 2.55 bits per heavy atom. The highest BCUT2D eigenvalue weighted by atomic mass is 32.1. The van der Waals surface area contributed by atoms with Gasteiger partial charge in [-0.05, 0) is 43.3 Å². The SMILES string of the molecule is Cc1cc(-c2cc(Oc3ccc(N)cc3)ccn2)cs1. The number of benzene rings is 1. The van der Waals surface area contributed by atoms with Crippen LogP contribution < -0.4 is 10.5 Å². The third-order valence-electron chi connectivity index (χ3n) is 2.87. The summed E-state index contributed by atoms with van der Waals surface area (Å²) in [5.41, 5.74) is 8.42. The molecule has 3 rings (SSSR count). The molecule has 0 amide bonds. The zero-order valence-electron chi connectivity index (χ0n) is 11.0. The largest absolute Gasteiger partial charge is 0.457 e. The van der Waals surface area contributed by atoms with E-state index in [1.54, 1.807) is 17.5 Å². The molecule has 100 valence electrons. The molecular formula is C16H14N2OS. The summed E-state index contributed by atoms with van der Waals surface area (Å²) in [5, 5.41) is 2.10. The van der Waals surface area contributed by atoms with Gasteiger partial charge in [0.15, 0.2) is 0 Å². The molecule has 0 aliphatic rings. The Bertz CT molecular complexity index is 719. The van der Waals surface area contributed by atoms with Gasteiger partial charge in [0.05, 0.1) is 5.69 Å². The molecule has 0 unspecified atom stereocenters. The summed E-state index contributed by atoms with van der Waals surface area (Å²) < 4.78 is 5.81. The van der Waals surface area contributed by atoms with Gasteiger partial charge in [-0.15, -0.1) is 11.3 Å². The van der Waals surface area contributed by atoms with Gasteiger partial charge < -0.3 is 10.5 Å². The van der Waals surface area contributed by atoms with Gasteiger partial charge >= 0.3 is 0 Å². The number of anilines is 1. The number of aryl methyl sites for hydroxylation is 1. The molecule has 4 heteroatoms. The van der Waals surface area contributed by atoms with Gasteiger partial charge in [0.25, 0.3) is 0 Å². The molecule has 0 atom stereocenters. The van der Waals surface area contributed by atoms with E-state index in [0.717, 1.165) is 28.4 Å². The molecule has 0 fully saturated rings. The molecule has 0 saturated heterocycles. The van der Waals surface area contributed by atoms with E-state index in [4.69, 9.17) is 10.5 Å². The standard InChI is InChI=1S/C16H14N2OS/c1-11-8-12(10-20-11)16-9-15(6-7-18-16)19-14-4-2-13(17)3-5-14/h2-10H,17H2,1H3. The number of hydrogen-bond donors (Lipinski definition) is 1. The maximum absolute atomic E-state index is 5.81. The topological polar surface area (TPSA) is 48.1 Å². The fraction of sp³-hybridized carbons (Fsp3) is 0.0625. The van der Waals surface area contributed by atoms with Crippen molar-refractivity contribution in [1.29, 1.82) is 0 Å². The summed E-state index contributed by atoms with van der Waals surface area (Å²) in [6.45, 7) is 2.09. The average molecular weight is 282 g/mol. The van der Waals surface area contributed by atoms with Crippen LogP contribution in [0, 0.1) is 6.92 Å². The molecule has 0 saturated carbocycles. The molecule has 0 spiro atoms. The van der Waals surface area contributed by atoms with Crippen LogP contribution in [0.15, 0.2) is 54.0 Å². The number of ether oxygens (including phenoxy) is 1. The highest BCUT2D eigenvalue weighted by Crippen LogP contribution is 2.28. The van der Waals surface area contributed by atoms with Crippen molar-refractivity contribution in [3.05, 3.63) is 58.9 Å². The normalized spacial score (nSPS) is 10.4. The number of nitrogens with zero attached hydrogens (tertiary/aromatic N) is 1. The van der Waals surface area contributed by atoms with E-state index in [1.165, 1.54) is 4.88 Å². The van der Waals surface area contributed by atoms with Gasteiger partial charge in [-0.2, -0.15) is 0 Å². The number of rotatable bonds is 3. The van der Waals surface area contributed by atoms with Crippen LogP contribution in [0.5, 0.6) is 11.5 Å². The second kappa shape index (κ2) is 5.35. The van der Waals surface area contributed by atoms with Crippen molar-refractivity contribution in [2.45, 2.75) is 6.92 Å². The minimum absolute atomic E-state index is 0.724. The molecule has 0 bridgehead atoms. The second-order valence-electron chi connectivity index (χ2n) is 4.49. The van der Waals surface area contributed by atoms with Crippen molar-refractivity contribution in [1.82, 2.24) is 4.98 Å². The molecule has 2 aromatic heterocycles. The fourth-order valence-electron chi connectivity index (χ4n) is 1.88. The minimum atomic E-state index is 0.724. The van der Waals surface area contributed by atoms with E-state index in [9.17, 15) is 0 Å². The fourth-order valence-corrected chi connectivity index (χ4v) is 2.58. The molecule has 3 aromatic rings. The first-order valence-corrected chi connectivity index (χ1v) is 7.13. The summed E-state index contributed by atoms with van der Waals surface area (Å²) in [6, 6.07) is 13.3. The number of pyridine rings is 1. The number of hydrogen-bond acceptors (Lipinski definition) is 4. The summed E-state index contributed by atoms with van der Waals surface area (Å²) in [7, 11) is 0. The Balaban J connectivity index is 1.86. The Morgan fingerprint density at radius 2 is 1.85 bits per heavy atom. The molecule has 2 N–H and O–H groups in total. The lowest BCUT2D eigenvalue weighted by Crippen LogP contribution is -1.88. The third kappa shape index (κ3) is 2.81. The maximum Gasteiger partial charge on any atom is 0.131 e. The highest BCUT2D eigenvalue weighted by molar-refractivity contribution is 7.10. The van der Waals surface area contributed by atoms with Gasteiger partial charge in [-0.1, -0.05) is 0 Å². The van der Waals surface area contributed by atoms with E-state index < -0.39 is 0 Å². The number of nitrogen functional groups attached to an aromatic ring is 1. The van der Waals surface area contributed by atoms with Crippen LogP contribution >= 0.6 is 11.3 Å². The lowest BCUT2D eigenvalue weighted by Gasteiger charge is -2.07. The minimum Gasteiger partial charge on any atom is -0.457 e. The number of nitrogens with two attached hydrogens (primary N) is 1. The Hall–Kier alpha value is -2.33. The number of thiophene rings is 1. The zero-order chi connectivity index (χ0) is 13.9. The van der Waals surface area contributed by atoms with Crippen molar-refractivity contribution in [3.8, 4) is 22.8 Å². The van der Waals surface area contributed by atoms with Crippen LogP contribution in [0.3, 0.4) is 0 Å². The highest BCUT2D eigenvalue weighted by Gasteiger charge is 2.04. The Kier molecular flexibility index (Phi) is 3.39. The lowest BCUT2D eigenvalue weighted by molar-refractivity contribution is 0.482. The molecule has 2 heterocycles.